The average Bonchev–Trinajstić information content (AvgIpc) is 2.35. The molecule has 0 aliphatic carbocycles. The van der Waals surface area contributed by atoms with E-state index < -0.39 is 10.2 Å². The van der Waals surface area contributed by atoms with E-state index in [1.807, 2.05) is 0 Å². The molecule has 0 aromatic rings. The summed E-state index contributed by atoms with van der Waals surface area (Å²) in [5, 5.41) is 11.3. The summed E-state index contributed by atoms with van der Waals surface area (Å²) in [5.74, 6) is 0.256. The van der Waals surface area contributed by atoms with Crippen molar-refractivity contribution < 1.29 is 13.6 Å². The fraction of sp³-hybridized carbons (Fsp3) is 0.900. The SMILES string of the molecule is CC1CCN(S(=O)(=O)NCC(C)C(N)=NO)CC1. The molecule has 1 unspecified atom stereocenters. The second-order valence-electron chi connectivity index (χ2n) is 4.86. The predicted octanol–water partition coefficient (Wildman–Crippen LogP) is -0.0648. The van der Waals surface area contributed by atoms with Gasteiger partial charge in [0.15, 0.2) is 0 Å². The Labute approximate surface area is 108 Å². The van der Waals surface area contributed by atoms with Crippen LogP contribution in [0.3, 0.4) is 0 Å². The van der Waals surface area contributed by atoms with Crippen molar-refractivity contribution in [3.8, 4) is 0 Å². The Balaban J connectivity index is 2.50. The van der Waals surface area contributed by atoms with Crippen LogP contribution >= 0.6 is 0 Å². The highest BCUT2D eigenvalue weighted by molar-refractivity contribution is 7.87. The number of rotatable bonds is 5. The molecule has 1 saturated heterocycles. The van der Waals surface area contributed by atoms with Crippen LogP contribution in [0.15, 0.2) is 5.16 Å². The maximum absolute atomic E-state index is 12.0. The lowest BCUT2D eigenvalue weighted by Crippen LogP contribution is -2.46. The third-order valence-electron chi connectivity index (χ3n) is 3.27. The third kappa shape index (κ3) is 4.11. The van der Waals surface area contributed by atoms with Crippen molar-refractivity contribution in [3.63, 3.8) is 0 Å². The number of nitrogens with one attached hydrogen (secondary N) is 1. The van der Waals surface area contributed by atoms with Gasteiger partial charge in [0.1, 0.15) is 5.84 Å². The molecule has 0 saturated carbocycles. The van der Waals surface area contributed by atoms with E-state index in [0.717, 1.165) is 12.8 Å². The lowest BCUT2D eigenvalue weighted by atomic mass is 10.0. The molecular weight excluding hydrogens is 256 g/mol. The summed E-state index contributed by atoms with van der Waals surface area (Å²) in [5.41, 5.74) is 5.39. The van der Waals surface area contributed by atoms with Gasteiger partial charge in [-0.1, -0.05) is 19.0 Å². The minimum Gasteiger partial charge on any atom is -0.409 e. The van der Waals surface area contributed by atoms with Gasteiger partial charge in [-0.05, 0) is 18.8 Å². The van der Waals surface area contributed by atoms with Crippen molar-refractivity contribution in [1.29, 1.82) is 0 Å². The van der Waals surface area contributed by atoms with Crippen LogP contribution in [-0.4, -0.2) is 43.4 Å². The molecule has 106 valence electrons. The summed E-state index contributed by atoms with van der Waals surface area (Å²) in [7, 11) is -3.45. The van der Waals surface area contributed by atoms with Crippen LogP contribution in [0.1, 0.15) is 26.7 Å². The molecule has 1 rings (SSSR count). The Morgan fingerprint density at radius 1 is 1.56 bits per heavy atom. The standard InChI is InChI=1S/C10H22N4O3S/c1-8-3-5-14(6-4-8)18(16,17)12-7-9(2)10(11)13-15/h8-9,12,15H,3-7H2,1-2H3,(H2,11,13). The third-order valence-corrected chi connectivity index (χ3v) is 4.85. The minimum atomic E-state index is -3.45. The second kappa shape index (κ2) is 6.35. The second-order valence-corrected chi connectivity index (χ2v) is 6.62. The Hall–Kier alpha value is -0.860. The minimum absolute atomic E-state index is 0.0185. The summed E-state index contributed by atoms with van der Waals surface area (Å²) < 4.78 is 27.9. The van der Waals surface area contributed by atoms with E-state index in [1.54, 1.807) is 6.92 Å². The number of nitrogens with zero attached hydrogens (tertiary/aromatic N) is 2. The topological polar surface area (TPSA) is 108 Å². The zero-order chi connectivity index (χ0) is 13.8. The largest absolute Gasteiger partial charge is 0.409 e. The van der Waals surface area contributed by atoms with Crippen molar-refractivity contribution in [1.82, 2.24) is 9.03 Å². The van der Waals surface area contributed by atoms with E-state index in [4.69, 9.17) is 10.9 Å². The van der Waals surface area contributed by atoms with Crippen molar-refractivity contribution in [3.05, 3.63) is 0 Å². The van der Waals surface area contributed by atoms with Gasteiger partial charge in [0.2, 0.25) is 0 Å². The van der Waals surface area contributed by atoms with Crippen molar-refractivity contribution in [2.75, 3.05) is 19.6 Å². The molecule has 0 radical (unpaired) electrons. The first-order valence-electron chi connectivity index (χ1n) is 6.09. The Kier molecular flexibility index (Phi) is 5.36. The van der Waals surface area contributed by atoms with Gasteiger partial charge in [0, 0.05) is 25.6 Å². The van der Waals surface area contributed by atoms with Gasteiger partial charge >= 0.3 is 0 Å². The monoisotopic (exact) mass is 278 g/mol. The van der Waals surface area contributed by atoms with Gasteiger partial charge in [-0.3, -0.25) is 0 Å². The molecule has 18 heavy (non-hydrogen) atoms. The zero-order valence-corrected chi connectivity index (χ0v) is 11.7. The lowest BCUT2D eigenvalue weighted by molar-refractivity contribution is 0.284. The van der Waals surface area contributed by atoms with Crippen LogP contribution in [0.4, 0.5) is 0 Å². The molecular formula is C10H22N4O3S. The highest BCUT2D eigenvalue weighted by atomic mass is 32.2. The zero-order valence-electron chi connectivity index (χ0n) is 10.8. The molecule has 0 amide bonds. The van der Waals surface area contributed by atoms with Gasteiger partial charge in [-0.25, -0.2) is 4.72 Å². The summed E-state index contributed by atoms with van der Waals surface area (Å²) in [6.07, 6.45) is 1.77. The molecule has 1 heterocycles. The first kappa shape index (κ1) is 15.2. The van der Waals surface area contributed by atoms with Crippen molar-refractivity contribution in [2.45, 2.75) is 26.7 Å². The van der Waals surface area contributed by atoms with Gasteiger partial charge in [-0.15, -0.1) is 0 Å². The summed E-state index contributed by atoms with van der Waals surface area (Å²) in [4.78, 5) is 0. The maximum atomic E-state index is 12.0. The van der Waals surface area contributed by atoms with Crippen LogP contribution in [0.2, 0.25) is 0 Å². The number of nitrogens with two attached hydrogens (primary N) is 1. The quantitative estimate of drug-likeness (QED) is 0.283. The Morgan fingerprint density at radius 3 is 2.61 bits per heavy atom. The first-order chi connectivity index (χ1) is 8.36. The first-order valence-corrected chi connectivity index (χ1v) is 7.53. The van der Waals surface area contributed by atoms with E-state index >= 15 is 0 Å². The number of hydrogen-bond acceptors (Lipinski definition) is 4. The fourth-order valence-electron chi connectivity index (χ4n) is 1.75. The van der Waals surface area contributed by atoms with E-state index in [-0.39, 0.29) is 18.3 Å². The number of oxime groups is 1. The molecule has 0 bridgehead atoms. The summed E-state index contributed by atoms with van der Waals surface area (Å²) in [6, 6.07) is 0. The average molecular weight is 278 g/mol. The smallest absolute Gasteiger partial charge is 0.279 e. The van der Waals surface area contributed by atoms with Crippen LogP contribution < -0.4 is 10.5 Å². The number of piperidine rings is 1. The van der Waals surface area contributed by atoms with Crippen molar-refractivity contribution in [2.24, 2.45) is 22.7 Å². The lowest BCUT2D eigenvalue weighted by Gasteiger charge is -2.29. The highest BCUT2D eigenvalue weighted by Gasteiger charge is 2.26. The molecule has 4 N–H and O–H groups in total. The molecule has 0 spiro atoms. The van der Waals surface area contributed by atoms with Crippen LogP contribution in [-0.2, 0) is 10.2 Å². The van der Waals surface area contributed by atoms with Gasteiger partial charge in [-0.2, -0.15) is 12.7 Å². The molecule has 1 aliphatic heterocycles. The highest BCUT2D eigenvalue weighted by Crippen LogP contribution is 2.17. The van der Waals surface area contributed by atoms with Gasteiger partial charge in [0.25, 0.3) is 10.2 Å². The number of hydrogen-bond donors (Lipinski definition) is 3. The molecule has 1 aliphatic rings. The van der Waals surface area contributed by atoms with Crippen LogP contribution in [0.25, 0.3) is 0 Å². The van der Waals surface area contributed by atoms with Crippen LogP contribution in [0, 0.1) is 11.8 Å². The molecule has 1 atom stereocenters. The van der Waals surface area contributed by atoms with E-state index in [2.05, 4.69) is 16.8 Å². The maximum Gasteiger partial charge on any atom is 0.279 e. The molecule has 8 heteroatoms. The van der Waals surface area contributed by atoms with Gasteiger partial charge < -0.3 is 10.9 Å². The van der Waals surface area contributed by atoms with Crippen molar-refractivity contribution >= 4 is 16.0 Å². The van der Waals surface area contributed by atoms with Gasteiger partial charge in [0.05, 0.1) is 0 Å². The molecule has 0 aromatic heterocycles. The van der Waals surface area contributed by atoms with E-state index in [9.17, 15) is 8.42 Å². The Bertz CT molecular complexity index is 388. The van der Waals surface area contributed by atoms with E-state index in [1.165, 1.54) is 4.31 Å². The molecule has 0 aromatic carbocycles. The Morgan fingerprint density at radius 2 is 2.11 bits per heavy atom. The molecule has 1 fully saturated rings. The van der Waals surface area contributed by atoms with Crippen LogP contribution in [0.5, 0.6) is 0 Å². The molecule has 7 nitrogen and oxygen atoms in total. The normalized spacial score (nSPS) is 22.0. The van der Waals surface area contributed by atoms with E-state index in [0.29, 0.717) is 19.0 Å². The summed E-state index contributed by atoms with van der Waals surface area (Å²) >= 11 is 0. The predicted molar refractivity (Wildman–Crippen MR) is 69.5 cm³/mol. The number of amidine groups is 1. The summed E-state index contributed by atoms with van der Waals surface area (Å²) in [6.45, 7) is 5.04. The fourth-order valence-corrected chi connectivity index (χ4v) is 3.08.